The second-order valence-corrected chi connectivity index (χ2v) is 9.34. The van der Waals surface area contributed by atoms with Crippen LogP contribution in [-0.4, -0.2) is 45.0 Å². The number of hydrogen-bond acceptors (Lipinski definition) is 7. The molecule has 0 saturated carbocycles. The van der Waals surface area contributed by atoms with E-state index >= 15 is 0 Å². The highest BCUT2D eigenvalue weighted by Crippen LogP contribution is 2.26. The van der Waals surface area contributed by atoms with Crippen molar-refractivity contribution in [3.63, 3.8) is 0 Å². The maximum atomic E-state index is 12.5. The molecule has 3 rings (SSSR count). The number of sulfone groups is 1. The number of nitrogens with one attached hydrogen (secondary N) is 1. The Morgan fingerprint density at radius 2 is 1.90 bits per heavy atom. The number of carbonyl (C=O) groups excluding carboxylic acids is 1. The average molecular weight is 433 g/mol. The molecule has 0 bridgehead atoms. The van der Waals surface area contributed by atoms with Crippen LogP contribution >= 0.6 is 11.3 Å². The number of rotatable bonds is 8. The highest BCUT2D eigenvalue weighted by atomic mass is 32.2. The first-order chi connectivity index (χ1) is 13.8. The fraction of sp³-hybridized carbons (Fsp3) is 0.200. The number of carbonyl (C=O) groups is 1. The molecule has 0 spiro atoms. The van der Waals surface area contributed by atoms with Crippen molar-refractivity contribution in [1.82, 2.24) is 4.98 Å². The third kappa shape index (κ3) is 6.03. The van der Waals surface area contributed by atoms with E-state index in [9.17, 15) is 13.2 Å². The van der Waals surface area contributed by atoms with E-state index in [0.29, 0.717) is 17.1 Å². The minimum atomic E-state index is -3.09. The first-order valence-electron chi connectivity index (χ1n) is 8.66. The molecular weight excluding hydrogens is 412 g/mol. The van der Waals surface area contributed by atoms with Gasteiger partial charge in [-0.15, -0.1) is 11.3 Å². The normalized spacial score (nSPS) is 11.1. The van der Waals surface area contributed by atoms with Crippen LogP contribution in [0, 0.1) is 0 Å². The molecule has 1 heterocycles. The van der Waals surface area contributed by atoms with Gasteiger partial charge in [-0.1, -0.05) is 6.07 Å². The Morgan fingerprint density at radius 1 is 1.14 bits per heavy atom. The second-order valence-electron chi connectivity index (χ2n) is 6.23. The van der Waals surface area contributed by atoms with E-state index in [1.165, 1.54) is 11.3 Å². The predicted molar refractivity (Wildman–Crippen MR) is 114 cm³/mol. The minimum absolute atomic E-state index is 0.0491. The highest BCUT2D eigenvalue weighted by molar-refractivity contribution is 7.90. The number of ether oxygens (including phenoxy) is 2. The van der Waals surface area contributed by atoms with Crippen molar-refractivity contribution in [3.8, 4) is 22.1 Å². The van der Waals surface area contributed by atoms with Gasteiger partial charge in [0.1, 0.15) is 28.8 Å². The van der Waals surface area contributed by atoms with Gasteiger partial charge in [-0.25, -0.2) is 13.4 Å². The predicted octanol–water partition coefficient (Wildman–Crippen LogP) is 3.49. The van der Waals surface area contributed by atoms with Crippen LogP contribution in [0.3, 0.4) is 0 Å². The van der Waals surface area contributed by atoms with Crippen LogP contribution in [0.25, 0.3) is 10.6 Å². The summed E-state index contributed by atoms with van der Waals surface area (Å²) in [7, 11) is -1.49. The van der Waals surface area contributed by atoms with Gasteiger partial charge in [-0.05, 0) is 36.4 Å². The fourth-order valence-electron chi connectivity index (χ4n) is 2.41. The summed E-state index contributed by atoms with van der Waals surface area (Å²) in [6.45, 7) is 0.0491. The van der Waals surface area contributed by atoms with Gasteiger partial charge in [0.05, 0.1) is 12.9 Å². The Hall–Kier alpha value is -2.91. The van der Waals surface area contributed by atoms with E-state index in [0.717, 1.165) is 22.6 Å². The molecule has 29 heavy (non-hydrogen) atoms. The topological polar surface area (TPSA) is 94.6 Å². The molecular formula is C20H20N2O5S2. The maximum Gasteiger partial charge on any atom is 0.275 e. The van der Waals surface area contributed by atoms with Crippen molar-refractivity contribution in [2.24, 2.45) is 0 Å². The lowest BCUT2D eigenvalue weighted by atomic mass is 10.2. The third-order valence-corrected chi connectivity index (χ3v) is 5.69. The summed E-state index contributed by atoms with van der Waals surface area (Å²) >= 11 is 1.38. The van der Waals surface area contributed by atoms with E-state index in [-0.39, 0.29) is 18.3 Å². The zero-order chi connectivity index (χ0) is 20.9. The number of thiazole rings is 1. The van der Waals surface area contributed by atoms with Crippen molar-refractivity contribution in [3.05, 3.63) is 59.6 Å². The van der Waals surface area contributed by atoms with Gasteiger partial charge in [0.2, 0.25) is 0 Å². The van der Waals surface area contributed by atoms with Gasteiger partial charge < -0.3 is 14.8 Å². The third-order valence-electron chi connectivity index (χ3n) is 3.89. The average Bonchev–Trinajstić information content (AvgIpc) is 3.18. The maximum absolute atomic E-state index is 12.5. The Labute approximate surface area is 173 Å². The monoisotopic (exact) mass is 432 g/mol. The van der Waals surface area contributed by atoms with Gasteiger partial charge in [0.25, 0.3) is 5.91 Å². The minimum Gasteiger partial charge on any atom is -0.497 e. The Bertz CT molecular complexity index is 1090. The van der Waals surface area contributed by atoms with Gasteiger partial charge in [-0.3, -0.25) is 4.79 Å². The molecule has 0 atom stereocenters. The summed E-state index contributed by atoms with van der Waals surface area (Å²) in [5.74, 6) is 0.816. The van der Waals surface area contributed by atoms with Crippen molar-refractivity contribution in [2.45, 2.75) is 0 Å². The lowest BCUT2D eigenvalue weighted by Crippen LogP contribution is -2.13. The van der Waals surface area contributed by atoms with Gasteiger partial charge >= 0.3 is 0 Å². The van der Waals surface area contributed by atoms with Crippen LogP contribution < -0.4 is 14.8 Å². The van der Waals surface area contributed by atoms with Crippen LogP contribution in [-0.2, 0) is 9.84 Å². The first kappa shape index (κ1) is 20.8. The number of anilines is 1. The van der Waals surface area contributed by atoms with Gasteiger partial charge in [-0.2, -0.15) is 0 Å². The zero-order valence-corrected chi connectivity index (χ0v) is 17.5. The van der Waals surface area contributed by atoms with Crippen LogP contribution in [0.4, 0.5) is 5.69 Å². The van der Waals surface area contributed by atoms with Crippen LogP contribution in [0.1, 0.15) is 10.5 Å². The van der Waals surface area contributed by atoms with Crippen LogP contribution in [0.2, 0.25) is 0 Å². The molecule has 1 aromatic heterocycles. The van der Waals surface area contributed by atoms with Crippen LogP contribution in [0.15, 0.2) is 53.9 Å². The molecule has 7 nitrogen and oxygen atoms in total. The molecule has 0 aliphatic carbocycles. The van der Waals surface area contributed by atoms with Crippen molar-refractivity contribution in [2.75, 3.05) is 31.0 Å². The van der Waals surface area contributed by atoms with E-state index in [1.54, 1.807) is 36.8 Å². The molecule has 0 aliphatic heterocycles. The molecule has 1 N–H and O–H groups in total. The summed E-state index contributed by atoms with van der Waals surface area (Å²) in [4.78, 5) is 16.9. The molecule has 2 aromatic carbocycles. The molecule has 9 heteroatoms. The standard InChI is InChI=1S/C20H20N2O5S2/c1-26-16-8-6-14(7-9-16)20-22-18(13-28-20)19(23)21-15-4-3-5-17(12-15)27-10-11-29(2,24)25/h3-9,12-13H,10-11H2,1-2H3,(H,21,23). The van der Waals surface area contributed by atoms with Gasteiger partial charge in [0.15, 0.2) is 9.84 Å². The van der Waals surface area contributed by atoms with E-state index in [2.05, 4.69) is 10.3 Å². The summed E-state index contributed by atoms with van der Waals surface area (Å²) in [5, 5.41) is 5.20. The first-order valence-corrected chi connectivity index (χ1v) is 11.6. The number of methoxy groups -OCH3 is 1. The number of aromatic nitrogens is 1. The molecule has 1 amide bonds. The number of benzene rings is 2. The second kappa shape index (κ2) is 9.06. The number of amides is 1. The molecule has 0 radical (unpaired) electrons. The molecule has 0 aliphatic rings. The number of nitrogens with zero attached hydrogens (tertiary/aromatic N) is 1. The Balaban J connectivity index is 1.64. The Kier molecular flexibility index (Phi) is 6.50. The fourth-order valence-corrected chi connectivity index (χ4v) is 3.61. The molecule has 0 unspecified atom stereocenters. The van der Waals surface area contributed by atoms with E-state index < -0.39 is 9.84 Å². The smallest absolute Gasteiger partial charge is 0.275 e. The van der Waals surface area contributed by atoms with E-state index in [1.807, 2.05) is 24.3 Å². The summed E-state index contributed by atoms with van der Waals surface area (Å²) in [5.41, 5.74) is 1.74. The summed E-state index contributed by atoms with van der Waals surface area (Å²) in [6, 6.07) is 14.2. The van der Waals surface area contributed by atoms with Crippen LogP contribution in [0.5, 0.6) is 11.5 Å². The van der Waals surface area contributed by atoms with Gasteiger partial charge in [0, 0.05) is 29.0 Å². The molecule has 0 fully saturated rings. The summed E-state index contributed by atoms with van der Waals surface area (Å²) in [6.07, 6.45) is 1.15. The molecule has 3 aromatic rings. The van der Waals surface area contributed by atoms with Crippen molar-refractivity contribution in [1.29, 1.82) is 0 Å². The van der Waals surface area contributed by atoms with E-state index in [4.69, 9.17) is 9.47 Å². The quantitative estimate of drug-likeness (QED) is 0.585. The van der Waals surface area contributed by atoms with Crippen molar-refractivity contribution >= 4 is 32.8 Å². The lowest BCUT2D eigenvalue weighted by Gasteiger charge is -2.08. The highest BCUT2D eigenvalue weighted by Gasteiger charge is 2.13. The largest absolute Gasteiger partial charge is 0.497 e. The molecule has 152 valence electrons. The zero-order valence-electron chi connectivity index (χ0n) is 15.9. The summed E-state index contributed by atoms with van der Waals surface area (Å²) < 4.78 is 32.9. The molecule has 0 saturated heterocycles. The number of hydrogen-bond donors (Lipinski definition) is 1. The Morgan fingerprint density at radius 3 is 2.59 bits per heavy atom. The lowest BCUT2D eigenvalue weighted by molar-refractivity contribution is 0.102. The van der Waals surface area contributed by atoms with Crippen molar-refractivity contribution < 1.29 is 22.7 Å². The SMILES string of the molecule is COc1ccc(-c2nc(C(=O)Nc3cccc(OCCS(C)(=O)=O)c3)cs2)cc1.